The number of phenolic OH excluding ortho intramolecular Hbond substituents is 1. The highest BCUT2D eigenvalue weighted by Crippen LogP contribution is 2.31. The van der Waals surface area contributed by atoms with Gasteiger partial charge in [-0.1, -0.05) is 15.9 Å². The van der Waals surface area contributed by atoms with E-state index in [9.17, 15) is 20.0 Å². The summed E-state index contributed by atoms with van der Waals surface area (Å²) < 4.78 is 0. The molecule has 0 aromatic heterocycles. The quantitative estimate of drug-likeness (QED) is 0.396. The first-order chi connectivity index (χ1) is 6.97. The number of nitrogens with zero attached hydrogens (tertiary/aromatic N) is 1. The van der Waals surface area contributed by atoms with E-state index in [1.807, 2.05) is 0 Å². The molecule has 1 N–H and O–H groups in total. The van der Waals surface area contributed by atoms with Crippen LogP contribution in [0.4, 0.5) is 5.69 Å². The molecule has 0 atom stereocenters. The van der Waals surface area contributed by atoms with E-state index in [1.165, 1.54) is 12.1 Å². The molecular formula is C9H8BrNO4. The molecule has 0 radical (unpaired) electrons. The second-order valence-electron chi connectivity index (χ2n) is 2.99. The number of alkyl halides is 1. The van der Waals surface area contributed by atoms with Gasteiger partial charge in [0.15, 0.2) is 5.78 Å². The number of Topliss-reactive ketones (excluding diaryl/α,β-unsaturated/α-hetero) is 1. The summed E-state index contributed by atoms with van der Waals surface area (Å²) in [4.78, 5) is 21.2. The number of carbonyl (C=O) groups is 1. The van der Waals surface area contributed by atoms with Crippen LogP contribution in [0.3, 0.4) is 0 Å². The summed E-state index contributed by atoms with van der Waals surface area (Å²) in [5, 5.41) is 20.1. The maximum Gasteiger partial charge on any atom is 0.311 e. The number of aryl methyl sites for hydroxylation is 1. The Kier molecular flexibility index (Phi) is 3.41. The van der Waals surface area contributed by atoms with Crippen LogP contribution in [0.15, 0.2) is 12.1 Å². The Morgan fingerprint density at radius 3 is 2.67 bits per heavy atom. The predicted octanol–water partition coefficient (Wildman–Crippen LogP) is 2.19. The molecule has 1 aromatic carbocycles. The number of hydrogen-bond acceptors (Lipinski definition) is 4. The molecule has 80 valence electrons. The van der Waals surface area contributed by atoms with E-state index in [1.54, 1.807) is 6.92 Å². The Morgan fingerprint density at radius 1 is 1.60 bits per heavy atom. The molecule has 0 aliphatic carbocycles. The molecule has 0 spiro atoms. The van der Waals surface area contributed by atoms with Crippen LogP contribution in [0.2, 0.25) is 0 Å². The Hall–Kier alpha value is -1.43. The molecule has 0 heterocycles. The predicted molar refractivity (Wildman–Crippen MR) is 57.6 cm³/mol. The number of ketones is 1. The average Bonchev–Trinajstić information content (AvgIpc) is 2.19. The van der Waals surface area contributed by atoms with E-state index in [-0.39, 0.29) is 16.7 Å². The number of rotatable bonds is 3. The van der Waals surface area contributed by atoms with Crippen molar-refractivity contribution in [2.75, 3.05) is 5.33 Å². The molecule has 1 rings (SSSR count). The van der Waals surface area contributed by atoms with Gasteiger partial charge >= 0.3 is 5.69 Å². The van der Waals surface area contributed by atoms with Gasteiger partial charge in [0, 0.05) is 6.07 Å². The lowest BCUT2D eigenvalue weighted by atomic mass is 10.1. The Labute approximate surface area is 94.0 Å². The van der Waals surface area contributed by atoms with Gasteiger partial charge in [-0.2, -0.15) is 0 Å². The number of phenols is 1. The lowest BCUT2D eigenvalue weighted by Crippen LogP contribution is -2.03. The van der Waals surface area contributed by atoms with E-state index in [2.05, 4.69) is 15.9 Å². The first-order valence-corrected chi connectivity index (χ1v) is 5.16. The fraction of sp³-hybridized carbons (Fsp3) is 0.222. The number of nitro benzene ring substituents is 1. The minimum absolute atomic E-state index is 0.0150. The molecule has 15 heavy (non-hydrogen) atoms. The van der Waals surface area contributed by atoms with Gasteiger partial charge in [-0.3, -0.25) is 14.9 Å². The molecule has 0 aliphatic rings. The normalized spacial score (nSPS) is 10.0. The standard InChI is InChI=1S/C9H8BrNO4/c1-5-2-6(8(12)4-10)9(13)7(3-5)11(14)15/h2-3,13H,4H2,1H3. The summed E-state index contributed by atoms with van der Waals surface area (Å²) >= 11 is 2.94. The molecular weight excluding hydrogens is 266 g/mol. The fourth-order valence-corrected chi connectivity index (χ4v) is 1.49. The smallest absolute Gasteiger partial charge is 0.311 e. The van der Waals surface area contributed by atoms with Gasteiger partial charge in [0.2, 0.25) is 5.75 Å². The summed E-state index contributed by atoms with van der Waals surface area (Å²) in [6.07, 6.45) is 0. The largest absolute Gasteiger partial charge is 0.502 e. The van der Waals surface area contributed by atoms with E-state index in [4.69, 9.17) is 0 Å². The van der Waals surface area contributed by atoms with Crippen molar-refractivity contribution in [1.82, 2.24) is 0 Å². The van der Waals surface area contributed by atoms with Gasteiger partial charge < -0.3 is 5.11 Å². The minimum Gasteiger partial charge on any atom is -0.502 e. The molecule has 0 bridgehead atoms. The molecule has 6 heteroatoms. The van der Waals surface area contributed by atoms with Crippen LogP contribution in [0.1, 0.15) is 15.9 Å². The van der Waals surface area contributed by atoms with Gasteiger partial charge in [-0.25, -0.2) is 0 Å². The highest BCUT2D eigenvalue weighted by atomic mass is 79.9. The van der Waals surface area contributed by atoms with Crippen LogP contribution in [0.25, 0.3) is 0 Å². The maximum atomic E-state index is 11.3. The van der Waals surface area contributed by atoms with Crippen molar-refractivity contribution in [3.8, 4) is 5.75 Å². The number of aromatic hydroxyl groups is 1. The van der Waals surface area contributed by atoms with Crippen LogP contribution in [0, 0.1) is 17.0 Å². The fourth-order valence-electron chi connectivity index (χ4n) is 1.18. The highest BCUT2D eigenvalue weighted by Gasteiger charge is 2.21. The van der Waals surface area contributed by atoms with E-state index in [0.29, 0.717) is 5.56 Å². The van der Waals surface area contributed by atoms with Crippen molar-refractivity contribution >= 4 is 27.4 Å². The molecule has 0 saturated carbocycles. The second kappa shape index (κ2) is 4.39. The number of halogens is 1. The van der Waals surface area contributed by atoms with Crippen molar-refractivity contribution in [3.63, 3.8) is 0 Å². The first kappa shape index (κ1) is 11.6. The van der Waals surface area contributed by atoms with Crippen LogP contribution in [-0.2, 0) is 0 Å². The van der Waals surface area contributed by atoms with Gasteiger partial charge in [-0.05, 0) is 18.6 Å². The molecule has 0 amide bonds. The third kappa shape index (κ3) is 2.33. The van der Waals surface area contributed by atoms with Gasteiger partial charge in [0.05, 0.1) is 15.8 Å². The Bertz CT molecular complexity index is 430. The highest BCUT2D eigenvalue weighted by molar-refractivity contribution is 9.09. The molecule has 5 nitrogen and oxygen atoms in total. The van der Waals surface area contributed by atoms with Crippen LogP contribution < -0.4 is 0 Å². The van der Waals surface area contributed by atoms with Crippen LogP contribution >= 0.6 is 15.9 Å². The van der Waals surface area contributed by atoms with Crippen molar-refractivity contribution < 1.29 is 14.8 Å². The summed E-state index contributed by atoms with van der Waals surface area (Å²) in [5.41, 5.74) is 0.0849. The molecule has 1 aromatic rings. The lowest BCUT2D eigenvalue weighted by molar-refractivity contribution is -0.385. The number of hydrogen-bond donors (Lipinski definition) is 1. The third-order valence-corrected chi connectivity index (χ3v) is 2.36. The minimum atomic E-state index is -0.715. The number of benzene rings is 1. The SMILES string of the molecule is Cc1cc(C(=O)CBr)c(O)c([N+](=O)[O-])c1. The third-order valence-electron chi connectivity index (χ3n) is 1.85. The number of nitro groups is 1. The maximum absolute atomic E-state index is 11.3. The molecule has 0 fully saturated rings. The lowest BCUT2D eigenvalue weighted by Gasteiger charge is -2.03. The summed E-state index contributed by atoms with van der Waals surface area (Å²) in [5.74, 6) is -0.964. The number of carbonyl (C=O) groups excluding carboxylic acids is 1. The van der Waals surface area contributed by atoms with Gasteiger partial charge in [-0.15, -0.1) is 0 Å². The zero-order valence-corrected chi connectivity index (χ0v) is 9.44. The van der Waals surface area contributed by atoms with Crippen molar-refractivity contribution in [2.45, 2.75) is 6.92 Å². The van der Waals surface area contributed by atoms with Crippen molar-refractivity contribution in [3.05, 3.63) is 33.4 Å². The molecule has 0 aliphatic heterocycles. The zero-order chi connectivity index (χ0) is 11.6. The van der Waals surface area contributed by atoms with E-state index in [0.717, 1.165) is 0 Å². The summed E-state index contributed by atoms with van der Waals surface area (Å²) in [6.45, 7) is 1.62. The van der Waals surface area contributed by atoms with E-state index >= 15 is 0 Å². The summed E-state index contributed by atoms with van der Waals surface area (Å²) in [6, 6.07) is 2.65. The topological polar surface area (TPSA) is 80.4 Å². The monoisotopic (exact) mass is 273 g/mol. The van der Waals surface area contributed by atoms with Crippen LogP contribution in [0.5, 0.6) is 5.75 Å². The Balaban J connectivity index is 3.41. The van der Waals surface area contributed by atoms with Gasteiger partial charge in [0.25, 0.3) is 0 Å². The van der Waals surface area contributed by atoms with Crippen molar-refractivity contribution in [2.24, 2.45) is 0 Å². The Morgan fingerprint density at radius 2 is 2.20 bits per heavy atom. The van der Waals surface area contributed by atoms with Crippen molar-refractivity contribution in [1.29, 1.82) is 0 Å². The van der Waals surface area contributed by atoms with Crippen LogP contribution in [-0.4, -0.2) is 21.1 Å². The second-order valence-corrected chi connectivity index (χ2v) is 3.55. The zero-order valence-electron chi connectivity index (χ0n) is 7.86. The van der Waals surface area contributed by atoms with E-state index < -0.39 is 16.4 Å². The summed E-state index contributed by atoms with van der Waals surface area (Å²) in [7, 11) is 0. The average molecular weight is 274 g/mol. The molecule has 0 saturated heterocycles. The molecule has 0 unspecified atom stereocenters. The van der Waals surface area contributed by atoms with Gasteiger partial charge in [0.1, 0.15) is 0 Å². The first-order valence-electron chi connectivity index (χ1n) is 4.04.